The summed E-state index contributed by atoms with van der Waals surface area (Å²) in [4.78, 5) is 0.208. The van der Waals surface area contributed by atoms with E-state index in [-0.39, 0.29) is 18.4 Å². The Morgan fingerprint density at radius 3 is 1.82 bits per heavy atom. The van der Waals surface area contributed by atoms with Gasteiger partial charge in [0, 0.05) is 10.9 Å². The van der Waals surface area contributed by atoms with Gasteiger partial charge in [-0.05, 0) is 49.6 Å². The molecule has 0 aliphatic carbocycles. The van der Waals surface area contributed by atoms with E-state index in [0.717, 1.165) is 36.1 Å². The third-order valence-electron chi connectivity index (χ3n) is 6.04. The van der Waals surface area contributed by atoms with Crippen LogP contribution in [0, 0.1) is 14.4 Å². The van der Waals surface area contributed by atoms with Gasteiger partial charge in [0.05, 0.1) is 0 Å². The molecule has 7 heteroatoms. The molecule has 0 saturated carbocycles. The van der Waals surface area contributed by atoms with E-state index < -0.39 is 16.1 Å². The Morgan fingerprint density at radius 1 is 0.763 bits per heavy atom. The molecule has 4 aromatic carbocycles. The fraction of sp³-hybridized carbons (Fsp3) is 0.194. The van der Waals surface area contributed by atoms with Crippen LogP contribution in [0.25, 0.3) is 4.72 Å². The molecule has 0 aromatic heterocycles. The van der Waals surface area contributed by atoms with Crippen LogP contribution < -0.4 is 5.32 Å². The zero-order valence-corrected chi connectivity index (χ0v) is 25.0. The molecule has 4 aromatic rings. The summed E-state index contributed by atoms with van der Waals surface area (Å²) in [5.41, 5.74) is 4.15. The van der Waals surface area contributed by atoms with Crippen molar-refractivity contribution in [2.24, 2.45) is 0 Å². The van der Waals surface area contributed by atoms with Gasteiger partial charge < -0.3 is 17.5 Å². The van der Waals surface area contributed by atoms with Crippen LogP contribution >= 0.6 is 9.69 Å². The van der Waals surface area contributed by atoms with Crippen molar-refractivity contribution in [3.63, 3.8) is 0 Å². The molecule has 4 nitrogen and oxygen atoms in total. The van der Waals surface area contributed by atoms with Gasteiger partial charge in [-0.15, -0.1) is 0 Å². The molecule has 0 aliphatic rings. The minimum absolute atomic E-state index is 0. The maximum absolute atomic E-state index is 13.4. The van der Waals surface area contributed by atoms with E-state index in [2.05, 4.69) is 44.0 Å². The summed E-state index contributed by atoms with van der Waals surface area (Å²) >= 11 is 1.82. The molecule has 0 fully saturated rings. The standard InChI is InChI=1S/C30H31N2O2S.CH3.ClH.Ru/c1-24-19-21-28(22-20-24)35(33,34)32-30(27-17-9-4-10-18-27)29(26-15-7-3-8-16-26)31-23-11-14-25-12-5-2-6-13-25;;;/h2-10,12-13,15-22,29-31H,11,14,23H2,1H3;1H3;1H;/q2*-1;;+4/p-1/t29?,30-;;;/m0.../s1. The third kappa shape index (κ3) is 9.45. The molecule has 0 spiro atoms. The summed E-state index contributed by atoms with van der Waals surface area (Å²) in [5.74, 6) is 0. The number of hydrogen-bond donors (Lipinski definition) is 1. The summed E-state index contributed by atoms with van der Waals surface area (Å²) in [6.45, 7) is 2.67. The molecular weight excluding hydrogens is 601 g/mol. The number of benzene rings is 4. The SMILES string of the molecule is Cc1ccc(S(=O)(=O)[N-][C@@H](c2ccccc2)C(NCCCc2ccccc2)c2ccccc2)cc1.[CH3-].[Cl][Ru+3]. The van der Waals surface area contributed by atoms with Crippen molar-refractivity contribution >= 4 is 19.7 Å². The molecule has 1 unspecified atom stereocenters. The van der Waals surface area contributed by atoms with Gasteiger partial charge in [0.1, 0.15) is 10.0 Å². The summed E-state index contributed by atoms with van der Waals surface area (Å²) in [7, 11) is 0.703. The monoisotopic (exact) mass is 635 g/mol. The molecule has 0 saturated heterocycles. The van der Waals surface area contributed by atoms with Gasteiger partial charge in [-0.2, -0.15) is 0 Å². The topological polar surface area (TPSA) is 60.3 Å². The van der Waals surface area contributed by atoms with Crippen LogP contribution in [0.5, 0.6) is 0 Å². The Kier molecular flexibility index (Phi) is 13.9. The van der Waals surface area contributed by atoms with Crippen LogP contribution in [0.4, 0.5) is 0 Å². The first-order valence-electron chi connectivity index (χ1n) is 12.1. The van der Waals surface area contributed by atoms with Gasteiger partial charge >= 0.3 is 27.0 Å². The van der Waals surface area contributed by atoms with Crippen molar-refractivity contribution in [2.75, 3.05) is 6.54 Å². The number of rotatable bonds is 11. The third-order valence-corrected chi connectivity index (χ3v) is 7.41. The normalized spacial score (nSPS) is 12.4. The van der Waals surface area contributed by atoms with Gasteiger partial charge in [-0.25, -0.2) is 8.42 Å². The first-order valence-corrected chi connectivity index (χ1v) is 15.7. The van der Waals surface area contributed by atoms with E-state index >= 15 is 0 Å². The molecule has 0 amide bonds. The first kappa shape index (κ1) is 31.9. The molecule has 0 aliphatic heterocycles. The Balaban J connectivity index is 0.00000165. The number of nitrogens with one attached hydrogen (secondary N) is 1. The van der Waals surface area contributed by atoms with Crippen molar-refractivity contribution in [1.82, 2.24) is 5.32 Å². The van der Waals surface area contributed by atoms with Gasteiger partial charge in [0.2, 0.25) is 0 Å². The van der Waals surface area contributed by atoms with E-state index in [0.29, 0.717) is 0 Å². The van der Waals surface area contributed by atoms with Crippen LogP contribution in [0.1, 0.15) is 40.8 Å². The van der Waals surface area contributed by atoms with Gasteiger partial charge in [0.25, 0.3) is 0 Å². The van der Waals surface area contributed by atoms with Crippen LogP contribution in [-0.4, -0.2) is 15.0 Å². The first-order chi connectivity index (χ1) is 18.0. The van der Waals surface area contributed by atoms with Crippen molar-refractivity contribution < 1.29 is 25.7 Å². The van der Waals surface area contributed by atoms with Crippen LogP contribution in [-0.2, 0) is 33.8 Å². The van der Waals surface area contributed by atoms with Gasteiger partial charge in [-0.3, -0.25) is 0 Å². The summed E-state index contributed by atoms with van der Waals surface area (Å²) in [6.07, 6.45) is 1.88. The van der Waals surface area contributed by atoms with Crippen molar-refractivity contribution in [1.29, 1.82) is 0 Å². The quantitative estimate of drug-likeness (QED) is 0.104. The van der Waals surface area contributed by atoms with Gasteiger partial charge in [-0.1, -0.05) is 120 Å². The van der Waals surface area contributed by atoms with Crippen molar-refractivity contribution in [3.8, 4) is 0 Å². The Labute approximate surface area is 242 Å². The molecule has 4 rings (SSSR count). The number of nitrogens with zero attached hydrogens (tertiary/aromatic N) is 1. The molecule has 0 bridgehead atoms. The average molecular weight is 635 g/mol. The average Bonchev–Trinajstić information content (AvgIpc) is 2.95. The molecule has 0 radical (unpaired) electrons. The van der Waals surface area contributed by atoms with Crippen LogP contribution in [0.3, 0.4) is 0 Å². The fourth-order valence-electron chi connectivity index (χ4n) is 4.15. The molecule has 2 atom stereocenters. The number of halogens is 1. The van der Waals surface area contributed by atoms with E-state index in [1.54, 1.807) is 24.3 Å². The minimum atomic E-state index is -3.87. The Morgan fingerprint density at radius 2 is 1.26 bits per heavy atom. The number of aryl methyl sites for hydroxylation is 2. The zero-order valence-electron chi connectivity index (χ0n) is 21.6. The van der Waals surface area contributed by atoms with Crippen LogP contribution in [0.2, 0.25) is 0 Å². The fourth-order valence-corrected chi connectivity index (χ4v) is 5.30. The second kappa shape index (κ2) is 16.6. The molecular formula is C31H34ClN2O2RuS+. The summed E-state index contributed by atoms with van der Waals surface area (Å²) in [5, 5.41) is 3.63. The Bertz CT molecular complexity index is 1290. The van der Waals surface area contributed by atoms with E-state index in [1.165, 1.54) is 5.56 Å². The predicted molar refractivity (Wildman–Crippen MR) is 155 cm³/mol. The zero-order chi connectivity index (χ0) is 26.5. The van der Waals surface area contributed by atoms with Crippen molar-refractivity contribution in [3.05, 3.63) is 150 Å². The predicted octanol–water partition coefficient (Wildman–Crippen LogP) is 7.90. The second-order valence-electron chi connectivity index (χ2n) is 8.68. The summed E-state index contributed by atoms with van der Waals surface area (Å²) in [6, 6.07) is 36.0. The number of hydrogen-bond acceptors (Lipinski definition) is 3. The van der Waals surface area contributed by atoms with Gasteiger partial charge in [0.15, 0.2) is 0 Å². The molecule has 200 valence electrons. The summed E-state index contributed by atoms with van der Waals surface area (Å²) < 4.78 is 31.3. The van der Waals surface area contributed by atoms with E-state index in [1.807, 2.05) is 91.0 Å². The molecule has 0 heterocycles. The number of sulfonamides is 1. The Hall–Kier alpha value is -2.34. The van der Waals surface area contributed by atoms with E-state index in [9.17, 15) is 8.42 Å². The van der Waals surface area contributed by atoms with Crippen LogP contribution in [0.15, 0.2) is 120 Å². The molecule has 38 heavy (non-hydrogen) atoms. The molecule has 1 N–H and O–H groups in total. The van der Waals surface area contributed by atoms with E-state index in [4.69, 9.17) is 0 Å². The second-order valence-corrected chi connectivity index (χ2v) is 10.3. The maximum atomic E-state index is 13.4. The van der Waals surface area contributed by atoms with Crippen molar-refractivity contribution in [2.45, 2.75) is 36.7 Å².